The normalized spacial score (nSPS) is 10.3. The van der Waals surface area contributed by atoms with Gasteiger partial charge in [-0.1, -0.05) is 18.2 Å². The maximum Gasteiger partial charge on any atom is 0.257 e. The molecule has 1 heterocycles. The lowest BCUT2D eigenvalue weighted by atomic mass is 10.1. The summed E-state index contributed by atoms with van der Waals surface area (Å²) >= 11 is 0. The van der Waals surface area contributed by atoms with Crippen LogP contribution in [0, 0.1) is 13.8 Å². The summed E-state index contributed by atoms with van der Waals surface area (Å²) in [5, 5.41) is 6.16. The molecule has 0 saturated carbocycles. The minimum atomic E-state index is -0.292. The number of ether oxygens (including phenoxy) is 2. The molecule has 1 aromatic heterocycles. The van der Waals surface area contributed by atoms with Crippen LogP contribution in [0.25, 0.3) is 0 Å². The third kappa shape index (κ3) is 4.40. The molecular weight excluding hydrogens is 354 g/mol. The molecule has 6 nitrogen and oxygen atoms in total. The SMILES string of the molecule is COc1cc(OC)cc(C(=O)Nc2ccc(Nc3c(C)cccc3C)cn2)c1. The minimum absolute atomic E-state index is 0.292. The average molecular weight is 377 g/mol. The van der Waals surface area contributed by atoms with Gasteiger partial charge >= 0.3 is 0 Å². The van der Waals surface area contributed by atoms with Crippen molar-refractivity contribution in [3.05, 3.63) is 71.4 Å². The van der Waals surface area contributed by atoms with Gasteiger partial charge in [0.1, 0.15) is 17.3 Å². The zero-order valence-electron chi connectivity index (χ0n) is 16.4. The summed E-state index contributed by atoms with van der Waals surface area (Å²) < 4.78 is 10.4. The average Bonchev–Trinajstić information content (AvgIpc) is 2.71. The third-order valence-corrected chi connectivity index (χ3v) is 4.37. The monoisotopic (exact) mass is 377 g/mol. The van der Waals surface area contributed by atoms with E-state index in [4.69, 9.17) is 9.47 Å². The van der Waals surface area contributed by atoms with E-state index in [1.165, 1.54) is 0 Å². The first-order valence-corrected chi connectivity index (χ1v) is 8.84. The largest absolute Gasteiger partial charge is 0.497 e. The molecule has 0 aliphatic carbocycles. The second-order valence-corrected chi connectivity index (χ2v) is 6.38. The van der Waals surface area contributed by atoms with Crippen LogP contribution in [-0.4, -0.2) is 25.1 Å². The lowest BCUT2D eigenvalue weighted by Gasteiger charge is -2.13. The Bertz CT molecular complexity index is 942. The van der Waals surface area contributed by atoms with Crippen LogP contribution >= 0.6 is 0 Å². The molecule has 28 heavy (non-hydrogen) atoms. The highest BCUT2D eigenvalue weighted by molar-refractivity contribution is 6.04. The first-order chi connectivity index (χ1) is 13.5. The van der Waals surface area contributed by atoms with E-state index in [1.54, 1.807) is 44.7 Å². The topological polar surface area (TPSA) is 72.5 Å². The summed E-state index contributed by atoms with van der Waals surface area (Å²) in [6.07, 6.45) is 1.69. The Hall–Kier alpha value is -3.54. The van der Waals surface area contributed by atoms with Crippen molar-refractivity contribution in [3.8, 4) is 11.5 Å². The van der Waals surface area contributed by atoms with E-state index in [-0.39, 0.29) is 5.91 Å². The maximum absolute atomic E-state index is 12.5. The number of nitrogens with one attached hydrogen (secondary N) is 2. The second kappa shape index (κ2) is 8.43. The fourth-order valence-corrected chi connectivity index (χ4v) is 2.82. The Kier molecular flexibility index (Phi) is 5.79. The smallest absolute Gasteiger partial charge is 0.257 e. The summed E-state index contributed by atoms with van der Waals surface area (Å²) in [5.74, 6) is 1.26. The van der Waals surface area contributed by atoms with E-state index >= 15 is 0 Å². The number of benzene rings is 2. The molecule has 2 N–H and O–H groups in total. The number of methoxy groups -OCH3 is 2. The van der Waals surface area contributed by atoms with Gasteiger partial charge in [0, 0.05) is 17.3 Å². The van der Waals surface area contributed by atoms with E-state index < -0.39 is 0 Å². The van der Waals surface area contributed by atoms with E-state index in [9.17, 15) is 4.79 Å². The molecule has 0 bridgehead atoms. The highest BCUT2D eigenvalue weighted by Crippen LogP contribution is 2.25. The number of anilines is 3. The van der Waals surface area contributed by atoms with Crippen LogP contribution in [0.3, 0.4) is 0 Å². The lowest BCUT2D eigenvalue weighted by Crippen LogP contribution is -2.13. The fourth-order valence-electron chi connectivity index (χ4n) is 2.82. The van der Waals surface area contributed by atoms with Crippen LogP contribution in [0.15, 0.2) is 54.7 Å². The Balaban J connectivity index is 1.73. The number of pyridine rings is 1. The Morgan fingerprint density at radius 2 is 1.57 bits per heavy atom. The fraction of sp³-hybridized carbons (Fsp3) is 0.182. The van der Waals surface area contributed by atoms with Crippen molar-refractivity contribution in [1.29, 1.82) is 0 Å². The van der Waals surface area contributed by atoms with Crippen molar-refractivity contribution < 1.29 is 14.3 Å². The zero-order chi connectivity index (χ0) is 20.1. The maximum atomic E-state index is 12.5. The molecule has 3 aromatic rings. The van der Waals surface area contributed by atoms with Gasteiger partial charge in [0.2, 0.25) is 0 Å². The number of aromatic nitrogens is 1. The number of aryl methyl sites for hydroxylation is 2. The molecule has 0 aliphatic rings. The van der Waals surface area contributed by atoms with Crippen LogP contribution in [0.2, 0.25) is 0 Å². The van der Waals surface area contributed by atoms with Gasteiger partial charge in [0.05, 0.1) is 26.1 Å². The Morgan fingerprint density at radius 1 is 0.929 bits per heavy atom. The van der Waals surface area contributed by atoms with Crippen LogP contribution in [0.5, 0.6) is 11.5 Å². The quantitative estimate of drug-likeness (QED) is 0.651. The number of carbonyl (C=O) groups excluding carboxylic acids is 1. The molecule has 0 unspecified atom stereocenters. The van der Waals surface area contributed by atoms with E-state index in [1.807, 2.05) is 12.1 Å². The first-order valence-electron chi connectivity index (χ1n) is 8.84. The van der Waals surface area contributed by atoms with E-state index in [2.05, 4.69) is 41.6 Å². The number of hydrogen-bond donors (Lipinski definition) is 2. The number of nitrogens with zero attached hydrogens (tertiary/aromatic N) is 1. The van der Waals surface area contributed by atoms with Gasteiger partial charge in [-0.15, -0.1) is 0 Å². The summed E-state index contributed by atoms with van der Waals surface area (Å²) in [5.41, 5.74) is 4.65. The minimum Gasteiger partial charge on any atom is -0.497 e. The van der Waals surface area contributed by atoms with Crippen LogP contribution in [0.1, 0.15) is 21.5 Å². The van der Waals surface area contributed by atoms with Crippen molar-refractivity contribution >= 4 is 23.1 Å². The number of carbonyl (C=O) groups is 1. The zero-order valence-corrected chi connectivity index (χ0v) is 16.4. The molecule has 144 valence electrons. The van der Waals surface area contributed by atoms with Gasteiger partial charge in [-0.05, 0) is 49.2 Å². The molecule has 0 atom stereocenters. The number of rotatable bonds is 6. The van der Waals surface area contributed by atoms with Crippen LogP contribution < -0.4 is 20.1 Å². The van der Waals surface area contributed by atoms with Gasteiger partial charge in [0.15, 0.2) is 0 Å². The standard InChI is InChI=1S/C22H23N3O3/c1-14-6-5-7-15(2)21(14)24-17-8-9-20(23-13-17)25-22(26)16-10-18(27-3)12-19(11-16)28-4/h5-13,24H,1-4H3,(H,23,25,26). The highest BCUT2D eigenvalue weighted by atomic mass is 16.5. The van der Waals surface area contributed by atoms with Crippen molar-refractivity contribution in [1.82, 2.24) is 4.98 Å². The van der Waals surface area contributed by atoms with Crippen LogP contribution in [-0.2, 0) is 0 Å². The van der Waals surface area contributed by atoms with Crippen molar-refractivity contribution in [2.75, 3.05) is 24.9 Å². The second-order valence-electron chi connectivity index (χ2n) is 6.38. The predicted octanol–water partition coefficient (Wildman–Crippen LogP) is 4.71. The van der Waals surface area contributed by atoms with E-state index in [0.717, 1.165) is 22.5 Å². The van der Waals surface area contributed by atoms with Gasteiger partial charge in [-0.2, -0.15) is 0 Å². The summed E-state index contributed by atoms with van der Waals surface area (Å²) in [7, 11) is 3.08. The van der Waals surface area contributed by atoms with E-state index in [0.29, 0.717) is 22.9 Å². The van der Waals surface area contributed by atoms with Crippen molar-refractivity contribution in [3.63, 3.8) is 0 Å². The molecule has 3 rings (SSSR count). The predicted molar refractivity (Wildman–Crippen MR) is 111 cm³/mol. The molecule has 0 radical (unpaired) electrons. The van der Waals surface area contributed by atoms with Gasteiger partial charge in [0.25, 0.3) is 5.91 Å². The third-order valence-electron chi connectivity index (χ3n) is 4.37. The highest BCUT2D eigenvalue weighted by Gasteiger charge is 2.11. The first kappa shape index (κ1) is 19.2. The van der Waals surface area contributed by atoms with Crippen molar-refractivity contribution in [2.24, 2.45) is 0 Å². The van der Waals surface area contributed by atoms with Crippen molar-refractivity contribution in [2.45, 2.75) is 13.8 Å². The Labute approximate surface area is 164 Å². The molecule has 0 aliphatic heterocycles. The molecule has 1 amide bonds. The summed E-state index contributed by atoms with van der Waals surface area (Å²) in [4.78, 5) is 16.9. The summed E-state index contributed by atoms with van der Waals surface area (Å²) in [6.45, 7) is 4.11. The van der Waals surface area contributed by atoms with Crippen LogP contribution in [0.4, 0.5) is 17.2 Å². The number of para-hydroxylation sites is 1. The number of hydrogen-bond acceptors (Lipinski definition) is 5. The molecular formula is C22H23N3O3. The Morgan fingerprint density at radius 3 is 2.11 bits per heavy atom. The molecule has 6 heteroatoms. The van der Waals surface area contributed by atoms with Gasteiger partial charge in [-0.25, -0.2) is 4.98 Å². The van der Waals surface area contributed by atoms with Gasteiger partial charge < -0.3 is 20.1 Å². The molecule has 0 saturated heterocycles. The number of amides is 1. The van der Waals surface area contributed by atoms with Gasteiger partial charge in [-0.3, -0.25) is 4.79 Å². The summed E-state index contributed by atoms with van der Waals surface area (Å²) in [6, 6.07) is 14.8. The molecule has 0 fully saturated rings. The molecule has 0 spiro atoms. The lowest BCUT2D eigenvalue weighted by molar-refractivity contribution is 0.102. The molecule has 2 aromatic carbocycles.